The standard InChI is InChI=1S/C20H27NO4/c1-20(2,3)21-11-19(24)14-8-9-18(23)16(10-14)13-25-12-15-6-4-5-7-17(15)22/h4-10,19,21-24H,11-13H2,1-3H3. The van der Waals surface area contributed by atoms with Crippen LogP contribution in [0.5, 0.6) is 11.5 Å². The molecule has 5 heteroatoms. The first-order chi connectivity index (χ1) is 11.8. The fourth-order valence-corrected chi connectivity index (χ4v) is 2.35. The molecule has 1 unspecified atom stereocenters. The van der Waals surface area contributed by atoms with Crippen LogP contribution in [0.1, 0.15) is 43.6 Å². The average molecular weight is 345 g/mol. The molecule has 0 aliphatic rings. The molecule has 1 atom stereocenters. The third-order valence-electron chi connectivity index (χ3n) is 3.82. The number of ether oxygens (including phenoxy) is 1. The van der Waals surface area contributed by atoms with Crippen LogP contribution in [0, 0.1) is 0 Å². The number of aliphatic hydroxyl groups excluding tert-OH is 1. The van der Waals surface area contributed by atoms with E-state index in [-0.39, 0.29) is 30.3 Å². The van der Waals surface area contributed by atoms with Gasteiger partial charge in [0.15, 0.2) is 0 Å². The van der Waals surface area contributed by atoms with E-state index in [2.05, 4.69) is 5.32 Å². The largest absolute Gasteiger partial charge is 0.508 e. The van der Waals surface area contributed by atoms with E-state index in [1.54, 1.807) is 36.4 Å². The summed E-state index contributed by atoms with van der Waals surface area (Å²) in [5, 5.41) is 33.3. The third kappa shape index (κ3) is 6.05. The number of phenolic OH excluding ortho intramolecular Hbond substituents is 2. The quantitative estimate of drug-likeness (QED) is 0.619. The van der Waals surface area contributed by atoms with Crippen molar-refractivity contribution in [2.75, 3.05) is 6.54 Å². The molecule has 136 valence electrons. The van der Waals surface area contributed by atoms with E-state index in [0.29, 0.717) is 17.7 Å². The molecule has 0 saturated heterocycles. The predicted octanol–water partition coefficient (Wildman–Crippen LogP) is 3.24. The van der Waals surface area contributed by atoms with Gasteiger partial charge in [-0.2, -0.15) is 0 Å². The van der Waals surface area contributed by atoms with Crippen LogP contribution < -0.4 is 5.32 Å². The second-order valence-electron chi connectivity index (χ2n) is 7.16. The van der Waals surface area contributed by atoms with Gasteiger partial charge in [0, 0.05) is 23.2 Å². The Bertz CT molecular complexity index is 694. The second-order valence-corrected chi connectivity index (χ2v) is 7.16. The number of phenols is 2. The first-order valence-electron chi connectivity index (χ1n) is 8.36. The van der Waals surface area contributed by atoms with Gasteiger partial charge in [-0.3, -0.25) is 0 Å². The molecular formula is C20H27NO4. The summed E-state index contributed by atoms with van der Waals surface area (Å²) in [6.07, 6.45) is -0.670. The summed E-state index contributed by atoms with van der Waals surface area (Å²) in [5.41, 5.74) is 1.92. The Labute approximate surface area is 148 Å². The lowest BCUT2D eigenvalue weighted by Gasteiger charge is -2.23. The lowest BCUT2D eigenvalue weighted by molar-refractivity contribution is 0.103. The van der Waals surface area contributed by atoms with Gasteiger partial charge in [-0.25, -0.2) is 0 Å². The molecule has 2 rings (SSSR count). The van der Waals surface area contributed by atoms with Crippen molar-refractivity contribution in [1.82, 2.24) is 5.32 Å². The molecule has 0 amide bonds. The van der Waals surface area contributed by atoms with Crippen molar-refractivity contribution in [3.63, 3.8) is 0 Å². The molecule has 0 bridgehead atoms. The van der Waals surface area contributed by atoms with Gasteiger partial charge in [0.2, 0.25) is 0 Å². The Kier molecular flexibility index (Phi) is 6.42. The topological polar surface area (TPSA) is 82.0 Å². The molecule has 4 N–H and O–H groups in total. The number of β-amino-alcohol motifs (C(OH)–C–C–N with tert-alkyl or cyclic N) is 1. The van der Waals surface area contributed by atoms with Crippen LogP contribution in [-0.2, 0) is 18.0 Å². The lowest BCUT2D eigenvalue weighted by atomic mass is 10.0. The summed E-state index contributed by atoms with van der Waals surface area (Å²) in [6, 6.07) is 12.0. The molecule has 0 aliphatic carbocycles. The van der Waals surface area contributed by atoms with Crippen LogP contribution >= 0.6 is 0 Å². The maximum absolute atomic E-state index is 10.3. The van der Waals surface area contributed by atoms with E-state index < -0.39 is 6.10 Å². The molecule has 2 aromatic carbocycles. The molecule has 0 saturated carbocycles. The number of hydrogen-bond donors (Lipinski definition) is 4. The zero-order valence-corrected chi connectivity index (χ0v) is 15.0. The third-order valence-corrected chi connectivity index (χ3v) is 3.82. The van der Waals surface area contributed by atoms with E-state index >= 15 is 0 Å². The molecule has 25 heavy (non-hydrogen) atoms. The summed E-state index contributed by atoms with van der Waals surface area (Å²) in [5.74, 6) is 0.307. The summed E-state index contributed by atoms with van der Waals surface area (Å²) >= 11 is 0. The van der Waals surface area contributed by atoms with E-state index in [1.165, 1.54) is 0 Å². The maximum atomic E-state index is 10.3. The SMILES string of the molecule is CC(C)(C)NCC(O)c1ccc(O)c(COCc2ccccc2O)c1. The van der Waals surface area contributed by atoms with Gasteiger partial charge in [0.1, 0.15) is 11.5 Å². The highest BCUT2D eigenvalue weighted by atomic mass is 16.5. The highest BCUT2D eigenvalue weighted by molar-refractivity contribution is 5.37. The first kappa shape index (κ1) is 19.2. The Morgan fingerprint density at radius 3 is 2.28 bits per heavy atom. The van der Waals surface area contributed by atoms with Crippen molar-refractivity contribution in [1.29, 1.82) is 0 Å². The van der Waals surface area contributed by atoms with Crippen molar-refractivity contribution < 1.29 is 20.1 Å². The van der Waals surface area contributed by atoms with E-state index in [4.69, 9.17) is 4.74 Å². The van der Waals surface area contributed by atoms with Gasteiger partial charge < -0.3 is 25.4 Å². The number of nitrogens with one attached hydrogen (secondary N) is 1. The van der Waals surface area contributed by atoms with Crippen LogP contribution in [0.2, 0.25) is 0 Å². The number of hydrogen-bond acceptors (Lipinski definition) is 5. The van der Waals surface area contributed by atoms with Gasteiger partial charge in [-0.15, -0.1) is 0 Å². The van der Waals surface area contributed by atoms with Gasteiger partial charge in [0.05, 0.1) is 19.3 Å². The first-order valence-corrected chi connectivity index (χ1v) is 8.36. The van der Waals surface area contributed by atoms with Crippen LogP contribution in [0.3, 0.4) is 0 Å². The molecule has 5 nitrogen and oxygen atoms in total. The number of rotatable bonds is 7. The number of benzene rings is 2. The smallest absolute Gasteiger partial charge is 0.121 e. The Hall–Kier alpha value is -2.08. The summed E-state index contributed by atoms with van der Waals surface area (Å²) in [4.78, 5) is 0. The number of aliphatic hydroxyl groups is 1. The van der Waals surface area contributed by atoms with E-state index in [1.807, 2.05) is 26.8 Å². The van der Waals surface area contributed by atoms with Crippen LogP contribution in [-0.4, -0.2) is 27.4 Å². The van der Waals surface area contributed by atoms with Crippen molar-refractivity contribution in [3.8, 4) is 11.5 Å². The van der Waals surface area contributed by atoms with Crippen LogP contribution in [0.15, 0.2) is 42.5 Å². The normalized spacial score (nSPS) is 13.0. The van der Waals surface area contributed by atoms with Crippen LogP contribution in [0.4, 0.5) is 0 Å². The zero-order valence-electron chi connectivity index (χ0n) is 15.0. The maximum Gasteiger partial charge on any atom is 0.121 e. The Balaban J connectivity index is 1.97. The minimum absolute atomic E-state index is 0.0818. The summed E-state index contributed by atoms with van der Waals surface area (Å²) in [6.45, 7) is 6.96. The van der Waals surface area contributed by atoms with Crippen LogP contribution in [0.25, 0.3) is 0 Å². The minimum atomic E-state index is -0.670. The van der Waals surface area contributed by atoms with Gasteiger partial charge in [-0.05, 0) is 44.5 Å². The predicted molar refractivity (Wildman–Crippen MR) is 97.4 cm³/mol. The molecule has 0 heterocycles. The van der Waals surface area contributed by atoms with Gasteiger partial charge in [0.25, 0.3) is 0 Å². The highest BCUT2D eigenvalue weighted by Gasteiger charge is 2.15. The molecule has 2 aromatic rings. The second kappa shape index (κ2) is 8.34. The monoisotopic (exact) mass is 345 g/mol. The lowest BCUT2D eigenvalue weighted by Crippen LogP contribution is -2.38. The number of aromatic hydroxyl groups is 2. The molecule has 0 fully saturated rings. The van der Waals surface area contributed by atoms with Gasteiger partial charge >= 0.3 is 0 Å². The van der Waals surface area contributed by atoms with Crippen molar-refractivity contribution in [3.05, 3.63) is 59.2 Å². The van der Waals surface area contributed by atoms with Crippen molar-refractivity contribution >= 4 is 0 Å². The molecule has 0 radical (unpaired) electrons. The Morgan fingerprint density at radius 2 is 1.60 bits per heavy atom. The molecule has 0 aliphatic heterocycles. The highest BCUT2D eigenvalue weighted by Crippen LogP contribution is 2.24. The molecular weight excluding hydrogens is 318 g/mol. The summed E-state index contributed by atoms with van der Waals surface area (Å²) in [7, 11) is 0. The fraction of sp³-hybridized carbons (Fsp3) is 0.400. The van der Waals surface area contributed by atoms with E-state index in [9.17, 15) is 15.3 Å². The summed E-state index contributed by atoms with van der Waals surface area (Å²) < 4.78 is 5.60. The molecule has 0 aromatic heterocycles. The zero-order chi connectivity index (χ0) is 18.4. The van der Waals surface area contributed by atoms with Crippen molar-refractivity contribution in [2.45, 2.75) is 45.6 Å². The van der Waals surface area contributed by atoms with Crippen molar-refractivity contribution in [2.24, 2.45) is 0 Å². The van der Waals surface area contributed by atoms with E-state index in [0.717, 1.165) is 5.56 Å². The minimum Gasteiger partial charge on any atom is -0.508 e. The fourth-order valence-electron chi connectivity index (χ4n) is 2.35. The molecule has 0 spiro atoms. The van der Waals surface area contributed by atoms with Gasteiger partial charge in [-0.1, -0.05) is 24.3 Å². The average Bonchev–Trinajstić information content (AvgIpc) is 2.55. The Morgan fingerprint density at radius 1 is 0.960 bits per heavy atom. The number of para-hydroxylation sites is 1.